The first-order valence-corrected chi connectivity index (χ1v) is 3.93. The van der Waals surface area contributed by atoms with Crippen LogP contribution in [0.4, 0.5) is 4.39 Å². The summed E-state index contributed by atoms with van der Waals surface area (Å²) >= 11 is 0. The molecule has 2 N–H and O–H groups in total. The molecule has 1 aromatic rings. The second-order valence-electron chi connectivity index (χ2n) is 2.55. The fourth-order valence-electron chi connectivity index (χ4n) is 1.03. The first-order valence-electron chi connectivity index (χ1n) is 3.93. The number of halogens is 1. The molecule has 0 radical (unpaired) electrons. The monoisotopic (exact) mass is 196 g/mol. The van der Waals surface area contributed by atoms with Gasteiger partial charge in [0.2, 0.25) is 12.8 Å². The summed E-state index contributed by atoms with van der Waals surface area (Å²) in [4.78, 5) is 20.4. The number of carbonyl (C=O) groups is 2. The maximum atomic E-state index is 12.5. The third-order valence-electron chi connectivity index (χ3n) is 1.67. The van der Waals surface area contributed by atoms with E-state index in [4.69, 9.17) is 0 Å². The van der Waals surface area contributed by atoms with Gasteiger partial charge in [0.1, 0.15) is 12.0 Å². The molecule has 0 aliphatic rings. The average Bonchev–Trinajstić information content (AvgIpc) is 2.19. The Labute approximate surface area is 80.1 Å². The summed E-state index contributed by atoms with van der Waals surface area (Å²) in [6, 6.07) is 5.46. The topological polar surface area (TPSA) is 58.2 Å². The van der Waals surface area contributed by atoms with Crippen LogP contribution in [0.25, 0.3) is 0 Å². The molecular formula is C9H9FN2O2. The van der Waals surface area contributed by atoms with Gasteiger partial charge in [0.05, 0.1) is 0 Å². The highest BCUT2D eigenvalue weighted by Crippen LogP contribution is 2.09. The minimum Gasteiger partial charge on any atom is -0.335 e. The van der Waals surface area contributed by atoms with Gasteiger partial charge in [-0.05, 0) is 17.7 Å². The molecule has 5 heteroatoms. The maximum absolute atomic E-state index is 12.5. The summed E-state index contributed by atoms with van der Waals surface area (Å²) in [7, 11) is 0. The lowest BCUT2D eigenvalue weighted by atomic mass is 10.2. The number of nitrogens with one attached hydrogen (secondary N) is 2. The predicted molar refractivity (Wildman–Crippen MR) is 47.5 cm³/mol. The standard InChI is InChI=1S/C9H9FN2O2/c10-8-3-1-7(2-4-8)9(11-5-13)12-6-14/h1-6,9H,(H,11,13)(H,12,14). The lowest BCUT2D eigenvalue weighted by Gasteiger charge is -2.14. The Hall–Kier alpha value is -1.91. The van der Waals surface area contributed by atoms with E-state index in [0.717, 1.165) is 0 Å². The third-order valence-corrected chi connectivity index (χ3v) is 1.67. The number of amides is 2. The van der Waals surface area contributed by atoms with Crippen LogP contribution >= 0.6 is 0 Å². The Morgan fingerprint density at radius 2 is 1.57 bits per heavy atom. The van der Waals surface area contributed by atoms with Gasteiger partial charge >= 0.3 is 0 Å². The Kier molecular flexibility index (Phi) is 3.60. The summed E-state index contributed by atoms with van der Waals surface area (Å²) in [5, 5.41) is 4.75. The number of rotatable bonds is 5. The molecule has 0 atom stereocenters. The molecule has 4 nitrogen and oxygen atoms in total. The molecule has 0 heterocycles. The van der Waals surface area contributed by atoms with Gasteiger partial charge in [0.15, 0.2) is 0 Å². The lowest BCUT2D eigenvalue weighted by Crippen LogP contribution is -2.32. The second-order valence-corrected chi connectivity index (χ2v) is 2.55. The number of hydrogen-bond acceptors (Lipinski definition) is 2. The highest BCUT2D eigenvalue weighted by atomic mass is 19.1. The number of benzene rings is 1. The van der Waals surface area contributed by atoms with E-state index < -0.39 is 6.17 Å². The number of carbonyl (C=O) groups excluding carboxylic acids is 2. The van der Waals surface area contributed by atoms with Crippen molar-refractivity contribution < 1.29 is 14.0 Å². The molecule has 0 unspecified atom stereocenters. The van der Waals surface area contributed by atoms with Crippen molar-refractivity contribution in [3.63, 3.8) is 0 Å². The van der Waals surface area contributed by atoms with E-state index in [1.807, 2.05) is 0 Å². The van der Waals surface area contributed by atoms with Gasteiger partial charge in [-0.15, -0.1) is 0 Å². The minimum absolute atomic E-state index is 0.371. The molecule has 0 fully saturated rings. The van der Waals surface area contributed by atoms with Gasteiger partial charge in [-0.25, -0.2) is 4.39 Å². The van der Waals surface area contributed by atoms with Gasteiger partial charge < -0.3 is 10.6 Å². The van der Waals surface area contributed by atoms with Crippen molar-refractivity contribution in [1.29, 1.82) is 0 Å². The van der Waals surface area contributed by atoms with Crippen molar-refractivity contribution in [3.8, 4) is 0 Å². The summed E-state index contributed by atoms with van der Waals surface area (Å²) in [6.45, 7) is 0. The van der Waals surface area contributed by atoms with Gasteiger partial charge in [0.25, 0.3) is 0 Å². The second kappa shape index (κ2) is 4.96. The van der Waals surface area contributed by atoms with Gasteiger partial charge in [0, 0.05) is 0 Å². The van der Waals surface area contributed by atoms with Crippen LogP contribution in [0, 0.1) is 5.82 Å². The Morgan fingerprint density at radius 1 is 1.07 bits per heavy atom. The van der Waals surface area contributed by atoms with Crippen LogP contribution in [0.2, 0.25) is 0 Å². The largest absolute Gasteiger partial charge is 0.335 e. The first-order chi connectivity index (χ1) is 6.77. The quantitative estimate of drug-likeness (QED) is 0.526. The molecule has 1 rings (SSSR count). The Bertz CT molecular complexity index is 303. The van der Waals surface area contributed by atoms with E-state index in [0.29, 0.717) is 18.4 Å². The Balaban J connectivity index is 2.80. The molecule has 0 saturated heterocycles. The summed E-state index contributed by atoms with van der Waals surface area (Å²) in [5.41, 5.74) is 0.602. The molecule has 74 valence electrons. The van der Waals surface area contributed by atoms with Crippen LogP contribution in [0.3, 0.4) is 0 Å². The molecule has 14 heavy (non-hydrogen) atoms. The summed E-state index contributed by atoms with van der Waals surface area (Å²) < 4.78 is 12.5. The molecule has 0 aliphatic carbocycles. The highest BCUT2D eigenvalue weighted by molar-refractivity contribution is 5.52. The molecule has 0 bridgehead atoms. The first kappa shape index (κ1) is 10.2. The van der Waals surface area contributed by atoms with E-state index in [-0.39, 0.29) is 5.82 Å². The highest BCUT2D eigenvalue weighted by Gasteiger charge is 2.07. The molecule has 0 saturated carbocycles. The van der Waals surface area contributed by atoms with Crippen molar-refractivity contribution in [2.24, 2.45) is 0 Å². The molecule has 1 aromatic carbocycles. The van der Waals surface area contributed by atoms with Crippen LogP contribution in [0.5, 0.6) is 0 Å². The smallest absolute Gasteiger partial charge is 0.208 e. The van der Waals surface area contributed by atoms with E-state index in [1.54, 1.807) is 0 Å². The van der Waals surface area contributed by atoms with Crippen molar-refractivity contribution in [3.05, 3.63) is 35.6 Å². The summed E-state index contributed by atoms with van der Waals surface area (Å²) in [5.74, 6) is -0.371. The predicted octanol–water partition coefficient (Wildman–Crippen LogP) is 0.316. The zero-order valence-electron chi connectivity index (χ0n) is 7.24. The zero-order chi connectivity index (χ0) is 10.4. The van der Waals surface area contributed by atoms with Crippen molar-refractivity contribution >= 4 is 12.8 Å². The van der Waals surface area contributed by atoms with Crippen molar-refractivity contribution in [2.75, 3.05) is 0 Å². The molecule has 0 aliphatic heterocycles. The lowest BCUT2D eigenvalue weighted by molar-refractivity contribution is -0.112. The zero-order valence-corrected chi connectivity index (χ0v) is 7.24. The summed E-state index contributed by atoms with van der Waals surface area (Å²) in [6.07, 6.45) is 0.306. The van der Waals surface area contributed by atoms with Crippen LogP contribution in [0.15, 0.2) is 24.3 Å². The van der Waals surface area contributed by atoms with Crippen molar-refractivity contribution in [2.45, 2.75) is 6.17 Å². The van der Waals surface area contributed by atoms with E-state index in [1.165, 1.54) is 24.3 Å². The van der Waals surface area contributed by atoms with E-state index >= 15 is 0 Å². The normalized spacial score (nSPS) is 9.57. The van der Waals surface area contributed by atoms with Crippen LogP contribution < -0.4 is 10.6 Å². The van der Waals surface area contributed by atoms with Gasteiger partial charge in [-0.1, -0.05) is 12.1 Å². The van der Waals surface area contributed by atoms with E-state index in [9.17, 15) is 14.0 Å². The van der Waals surface area contributed by atoms with Crippen LogP contribution in [0.1, 0.15) is 11.7 Å². The minimum atomic E-state index is -0.620. The fraction of sp³-hybridized carbons (Fsp3) is 0.111. The van der Waals surface area contributed by atoms with Crippen LogP contribution in [-0.4, -0.2) is 12.8 Å². The maximum Gasteiger partial charge on any atom is 0.208 e. The van der Waals surface area contributed by atoms with Gasteiger partial charge in [-0.2, -0.15) is 0 Å². The molecular weight excluding hydrogens is 187 g/mol. The van der Waals surface area contributed by atoms with E-state index in [2.05, 4.69) is 10.6 Å². The molecule has 2 amide bonds. The third kappa shape index (κ3) is 2.55. The van der Waals surface area contributed by atoms with Crippen LogP contribution in [-0.2, 0) is 9.59 Å². The molecule has 0 aromatic heterocycles. The average molecular weight is 196 g/mol. The fourth-order valence-corrected chi connectivity index (χ4v) is 1.03. The Morgan fingerprint density at radius 3 is 2.00 bits per heavy atom. The SMILES string of the molecule is O=CNC(NC=O)c1ccc(F)cc1. The van der Waals surface area contributed by atoms with Crippen molar-refractivity contribution in [1.82, 2.24) is 10.6 Å². The number of hydrogen-bond donors (Lipinski definition) is 2. The van der Waals surface area contributed by atoms with Gasteiger partial charge in [-0.3, -0.25) is 9.59 Å². The molecule has 0 spiro atoms.